The molecule has 194 valence electrons. The van der Waals surface area contributed by atoms with Gasteiger partial charge in [0.25, 0.3) is 0 Å². The standard InChI is InChI=1S/C22H31N3O2S.C2HF3O2/c26-20(11-17-5-10-28-15-17)25-8-6-22(7-9-25)19-14-24(12-16-3-1-2-4-16)13-18(19)21(27)23-22;3-2(4,5)1(6)7/h5,10,15-16,18-19H,1-4,6-9,11-14H2,(H,23,27);(H,6,7)/t18-,19+;/m1./s1. The third kappa shape index (κ3) is 5.99. The topological polar surface area (TPSA) is 89.9 Å². The molecule has 11 heteroatoms. The summed E-state index contributed by atoms with van der Waals surface area (Å²) in [7, 11) is 0. The maximum absolute atomic E-state index is 12.7. The van der Waals surface area contributed by atoms with Crippen LogP contribution in [0.1, 0.15) is 44.1 Å². The van der Waals surface area contributed by atoms with E-state index in [1.165, 1.54) is 32.2 Å². The van der Waals surface area contributed by atoms with Crippen molar-refractivity contribution in [3.8, 4) is 0 Å². The minimum absolute atomic E-state index is 0.0780. The normalized spacial score (nSPS) is 26.4. The molecule has 4 fully saturated rings. The van der Waals surface area contributed by atoms with Gasteiger partial charge in [0.2, 0.25) is 11.8 Å². The van der Waals surface area contributed by atoms with Gasteiger partial charge in [0.05, 0.1) is 12.3 Å². The van der Waals surface area contributed by atoms with E-state index in [1.807, 2.05) is 16.3 Å². The Bertz CT molecular complexity index is 910. The minimum Gasteiger partial charge on any atom is -0.475 e. The Labute approximate surface area is 206 Å². The van der Waals surface area contributed by atoms with Crippen molar-refractivity contribution in [1.82, 2.24) is 15.1 Å². The van der Waals surface area contributed by atoms with Gasteiger partial charge in [-0.05, 0) is 54.0 Å². The van der Waals surface area contributed by atoms with Crippen LogP contribution in [-0.4, -0.2) is 77.1 Å². The monoisotopic (exact) mass is 515 g/mol. The van der Waals surface area contributed by atoms with Crippen molar-refractivity contribution in [2.45, 2.75) is 56.7 Å². The lowest BCUT2D eigenvalue weighted by Gasteiger charge is -2.43. The Balaban J connectivity index is 0.000000364. The van der Waals surface area contributed by atoms with E-state index < -0.39 is 12.1 Å². The second kappa shape index (κ2) is 10.5. The molecule has 1 aromatic heterocycles. The van der Waals surface area contributed by atoms with Gasteiger partial charge in [-0.1, -0.05) is 12.8 Å². The van der Waals surface area contributed by atoms with Gasteiger partial charge < -0.3 is 20.2 Å². The third-order valence-electron chi connectivity index (χ3n) is 7.99. The lowest BCUT2D eigenvalue weighted by molar-refractivity contribution is -0.192. The molecule has 2 N–H and O–H groups in total. The van der Waals surface area contributed by atoms with E-state index in [0.717, 1.165) is 50.5 Å². The summed E-state index contributed by atoms with van der Waals surface area (Å²) in [6.07, 6.45) is 2.73. The van der Waals surface area contributed by atoms with Crippen LogP contribution in [0, 0.1) is 17.8 Å². The zero-order valence-corrected chi connectivity index (χ0v) is 20.4. The van der Waals surface area contributed by atoms with Crippen LogP contribution in [0.4, 0.5) is 13.2 Å². The molecule has 4 aliphatic rings. The number of amides is 2. The molecule has 0 aromatic carbocycles. The first-order valence-corrected chi connectivity index (χ1v) is 13.1. The van der Waals surface area contributed by atoms with E-state index >= 15 is 0 Å². The highest BCUT2D eigenvalue weighted by Gasteiger charge is 2.57. The number of hydrogen-bond donors (Lipinski definition) is 2. The van der Waals surface area contributed by atoms with Gasteiger partial charge in [-0.25, -0.2) is 4.79 Å². The molecule has 0 bridgehead atoms. The average Bonchev–Trinajstić information content (AvgIpc) is 3.58. The zero-order chi connectivity index (χ0) is 25.2. The number of carbonyl (C=O) groups is 3. The maximum Gasteiger partial charge on any atom is 0.490 e. The molecule has 4 heterocycles. The number of halogens is 3. The summed E-state index contributed by atoms with van der Waals surface area (Å²) >= 11 is 1.64. The van der Waals surface area contributed by atoms with Crippen molar-refractivity contribution in [2.24, 2.45) is 17.8 Å². The van der Waals surface area contributed by atoms with E-state index in [0.29, 0.717) is 12.3 Å². The summed E-state index contributed by atoms with van der Waals surface area (Å²) < 4.78 is 31.7. The van der Waals surface area contributed by atoms with Gasteiger partial charge in [-0.15, -0.1) is 0 Å². The predicted octanol–water partition coefficient (Wildman–Crippen LogP) is 3.15. The van der Waals surface area contributed by atoms with Gasteiger partial charge in [0.15, 0.2) is 0 Å². The molecule has 3 aliphatic heterocycles. The smallest absolute Gasteiger partial charge is 0.475 e. The van der Waals surface area contributed by atoms with E-state index in [2.05, 4.69) is 15.6 Å². The maximum atomic E-state index is 12.7. The molecule has 3 saturated heterocycles. The van der Waals surface area contributed by atoms with Gasteiger partial charge in [0.1, 0.15) is 0 Å². The van der Waals surface area contributed by atoms with E-state index in [9.17, 15) is 22.8 Å². The van der Waals surface area contributed by atoms with Crippen LogP contribution in [0.15, 0.2) is 16.8 Å². The second-order valence-electron chi connectivity index (χ2n) is 10.2. The molecule has 1 spiro atoms. The zero-order valence-electron chi connectivity index (χ0n) is 19.6. The molecule has 0 radical (unpaired) electrons. The largest absolute Gasteiger partial charge is 0.490 e. The quantitative estimate of drug-likeness (QED) is 0.643. The molecule has 1 aliphatic carbocycles. The number of carboxylic acid groups (broad SMARTS) is 1. The van der Waals surface area contributed by atoms with Crippen molar-refractivity contribution in [2.75, 3.05) is 32.7 Å². The second-order valence-corrected chi connectivity index (χ2v) is 11.0. The molecule has 2 atom stereocenters. The fourth-order valence-electron chi connectivity index (χ4n) is 6.18. The van der Waals surface area contributed by atoms with Crippen LogP contribution in [0.2, 0.25) is 0 Å². The number of hydrogen-bond acceptors (Lipinski definition) is 5. The summed E-state index contributed by atoms with van der Waals surface area (Å²) in [6.45, 7) is 4.73. The van der Waals surface area contributed by atoms with Crippen LogP contribution in [0.5, 0.6) is 0 Å². The Morgan fingerprint density at radius 1 is 1.17 bits per heavy atom. The first-order valence-electron chi connectivity index (χ1n) is 12.2. The van der Waals surface area contributed by atoms with Crippen molar-refractivity contribution in [3.05, 3.63) is 22.4 Å². The Kier molecular flexibility index (Phi) is 7.75. The number of likely N-dealkylation sites (tertiary alicyclic amines) is 2. The number of carboxylic acids is 1. The highest BCUT2D eigenvalue weighted by Crippen LogP contribution is 2.44. The molecular formula is C24H32F3N3O4S. The van der Waals surface area contributed by atoms with Crippen LogP contribution >= 0.6 is 11.3 Å². The summed E-state index contributed by atoms with van der Waals surface area (Å²) in [5, 5.41) is 14.6. The van der Waals surface area contributed by atoms with E-state index in [-0.39, 0.29) is 23.3 Å². The lowest BCUT2D eigenvalue weighted by atomic mass is 9.75. The van der Waals surface area contributed by atoms with Crippen molar-refractivity contribution in [3.63, 3.8) is 0 Å². The van der Waals surface area contributed by atoms with E-state index in [4.69, 9.17) is 9.90 Å². The van der Waals surface area contributed by atoms with Crippen LogP contribution < -0.4 is 5.32 Å². The molecule has 0 unspecified atom stereocenters. The molecule has 5 rings (SSSR count). The highest BCUT2D eigenvalue weighted by atomic mass is 32.1. The van der Waals surface area contributed by atoms with Gasteiger partial charge in [0, 0.05) is 44.2 Å². The van der Waals surface area contributed by atoms with Crippen molar-refractivity contribution in [1.29, 1.82) is 0 Å². The fraction of sp³-hybridized carbons (Fsp3) is 0.708. The molecule has 1 saturated carbocycles. The number of aliphatic carboxylic acids is 1. The first-order chi connectivity index (χ1) is 16.6. The number of rotatable bonds is 4. The molecular weight excluding hydrogens is 483 g/mol. The minimum atomic E-state index is -5.08. The number of nitrogens with zero attached hydrogens (tertiary/aromatic N) is 2. The first kappa shape index (κ1) is 25.9. The summed E-state index contributed by atoms with van der Waals surface area (Å²) in [4.78, 5) is 38.8. The van der Waals surface area contributed by atoms with Crippen molar-refractivity contribution < 1.29 is 32.7 Å². The van der Waals surface area contributed by atoms with Crippen LogP contribution in [0.3, 0.4) is 0 Å². The molecule has 2 amide bonds. The summed E-state index contributed by atoms with van der Waals surface area (Å²) in [6, 6.07) is 2.03. The average molecular weight is 516 g/mol. The van der Waals surface area contributed by atoms with Crippen molar-refractivity contribution >= 4 is 29.1 Å². The summed E-state index contributed by atoms with van der Waals surface area (Å²) in [5.41, 5.74) is 1.04. The Morgan fingerprint density at radius 3 is 2.40 bits per heavy atom. The predicted molar refractivity (Wildman–Crippen MR) is 124 cm³/mol. The Morgan fingerprint density at radius 2 is 1.83 bits per heavy atom. The number of nitrogens with one attached hydrogen (secondary N) is 1. The SMILES string of the molecule is O=C(O)C(F)(F)F.O=C1NC2(CCN(C(=O)Cc3ccsc3)CC2)[C@H]2CN(CC3CCCC3)C[C@@H]12. The van der Waals surface area contributed by atoms with Gasteiger partial charge in [-0.3, -0.25) is 9.59 Å². The van der Waals surface area contributed by atoms with E-state index in [1.54, 1.807) is 11.3 Å². The lowest BCUT2D eigenvalue weighted by Crippen LogP contribution is -2.56. The molecule has 7 nitrogen and oxygen atoms in total. The third-order valence-corrected chi connectivity index (χ3v) is 8.72. The van der Waals surface area contributed by atoms with Gasteiger partial charge in [-0.2, -0.15) is 24.5 Å². The Hall–Kier alpha value is -2.14. The molecule has 35 heavy (non-hydrogen) atoms. The molecule has 1 aromatic rings. The number of thiophene rings is 1. The van der Waals surface area contributed by atoms with Crippen LogP contribution in [0.25, 0.3) is 0 Å². The summed E-state index contributed by atoms with van der Waals surface area (Å²) in [5.74, 6) is -0.840. The number of fused-ring (bicyclic) bond motifs is 2. The van der Waals surface area contributed by atoms with Gasteiger partial charge >= 0.3 is 12.1 Å². The number of alkyl halides is 3. The highest BCUT2D eigenvalue weighted by molar-refractivity contribution is 7.08. The number of piperidine rings is 1. The number of carbonyl (C=O) groups excluding carboxylic acids is 2. The fourth-order valence-corrected chi connectivity index (χ4v) is 6.85. The van der Waals surface area contributed by atoms with Crippen LogP contribution in [-0.2, 0) is 20.8 Å².